The van der Waals surface area contributed by atoms with E-state index < -0.39 is 17.0 Å². The van der Waals surface area contributed by atoms with E-state index in [4.69, 9.17) is 23.2 Å². The highest BCUT2D eigenvalue weighted by Gasteiger charge is 2.39. The maximum Gasteiger partial charge on any atom is 0.241 e. The summed E-state index contributed by atoms with van der Waals surface area (Å²) in [6.45, 7) is 2.20. The summed E-state index contributed by atoms with van der Waals surface area (Å²) < 4.78 is 13.5. The van der Waals surface area contributed by atoms with Gasteiger partial charge in [-0.25, -0.2) is 4.39 Å². The maximum atomic E-state index is 13.5. The zero-order chi connectivity index (χ0) is 23.5. The zero-order valence-corrected chi connectivity index (χ0v) is 20.1. The van der Waals surface area contributed by atoms with E-state index in [9.17, 15) is 14.0 Å². The Bertz CT molecular complexity index is 1210. The maximum absolute atomic E-state index is 13.5. The van der Waals surface area contributed by atoms with Gasteiger partial charge in [-0.05, 0) is 41.5 Å². The smallest absolute Gasteiger partial charge is 0.241 e. The Balaban J connectivity index is 1.55. The topological polar surface area (TPSA) is 49.4 Å². The Morgan fingerprint density at radius 2 is 1.79 bits per heavy atom. The molecule has 2 unspecified atom stereocenters. The highest BCUT2D eigenvalue weighted by Crippen LogP contribution is 2.42. The lowest BCUT2D eigenvalue weighted by molar-refractivity contribution is -0.128. The summed E-state index contributed by atoms with van der Waals surface area (Å²) >= 11 is 13.8. The second-order valence-corrected chi connectivity index (χ2v) is 9.76. The minimum Gasteiger partial charge on any atom is -0.352 e. The molecule has 170 valence electrons. The molecule has 0 spiro atoms. The number of benzene rings is 3. The van der Waals surface area contributed by atoms with Crippen molar-refractivity contribution in [2.75, 3.05) is 4.90 Å². The molecule has 4 nitrogen and oxygen atoms in total. The van der Waals surface area contributed by atoms with E-state index in [2.05, 4.69) is 5.32 Å². The van der Waals surface area contributed by atoms with Crippen molar-refractivity contribution >= 4 is 52.5 Å². The van der Waals surface area contributed by atoms with Gasteiger partial charge in [0.1, 0.15) is 11.1 Å². The lowest BCUT2D eigenvalue weighted by Gasteiger charge is -2.36. The number of halogens is 3. The second-order valence-electron chi connectivity index (χ2n) is 7.76. The highest BCUT2D eigenvalue weighted by molar-refractivity contribution is 8.01. The van der Waals surface area contributed by atoms with E-state index in [-0.39, 0.29) is 29.9 Å². The Morgan fingerprint density at radius 3 is 2.55 bits per heavy atom. The average Bonchev–Trinajstić information content (AvgIpc) is 2.81. The molecule has 0 saturated heterocycles. The van der Waals surface area contributed by atoms with Gasteiger partial charge in [0.05, 0.1) is 18.2 Å². The normalized spacial score (nSPS) is 16.3. The van der Waals surface area contributed by atoms with Crippen molar-refractivity contribution in [3.63, 3.8) is 0 Å². The summed E-state index contributed by atoms with van der Waals surface area (Å²) in [6.07, 6.45) is 0. The lowest BCUT2D eigenvalue weighted by Crippen LogP contribution is -2.47. The van der Waals surface area contributed by atoms with Crippen molar-refractivity contribution < 1.29 is 14.0 Å². The van der Waals surface area contributed by atoms with E-state index in [1.807, 2.05) is 42.5 Å². The Labute approximate surface area is 206 Å². The van der Waals surface area contributed by atoms with Crippen LogP contribution in [0.2, 0.25) is 10.0 Å². The van der Waals surface area contributed by atoms with Crippen LogP contribution in [-0.4, -0.2) is 17.1 Å². The van der Waals surface area contributed by atoms with Crippen LogP contribution in [0.15, 0.2) is 71.6 Å². The molecule has 0 saturated carbocycles. The van der Waals surface area contributed by atoms with Gasteiger partial charge < -0.3 is 10.2 Å². The number of fused-ring (bicyclic) bond motifs is 1. The number of para-hydroxylation sites is 1. The summed E-state index contributed by atoms with van der Waals surface area (Å²) in [5.74, 6) is -1.46. The third kappa shape index (κ3) is 5.18. The van der Waals surface area contributed by atoms with Crippen molar-refractivity contribution in [1.29, 1.82) is 0 Å². The van der Waals surface area contributed by atoms with Gasteiger partial charge in [-0.15, -0.1) is 11.8 Å². The van der Waals surface area contributed by atoms with Crippen molar-refractivity contribution in [3.8, 4) is 0 Å². The van der Waals surface area contributed by atoms with Crippen LogP contribution in [0.5, 0.6) is 0 Å². The van der Waals surface area contributed by atoms with E-state index >= 15 is 0 Å². The van der Waals surface area contributed by atoms with Crippen molar-refractivity contribution in [3.05, 3.63) is 93.7 Å². The minimum atomic E-state index is -0.620. The average molecular weight is 503 g/mol. The first-order valence-electron chi connectivity index (χ1n) is 10.4. The third-order valence-electron chi connectivity index (χ3n) is 5.54. The number of carbonyl (C=O) groups excluding carboxylic acids is 2. The van der Waals surface area contributed by atoms with E-state index in [0.29, 0.717) is 10.6 Å². The van der Waals surface area contributed by atoms with Gasteiger partial charge in [-0.3, -0.25) is 9.59 Å². The summed E-state index contributed by atoms with van der Waals surface area (Å²) in [5.41, 5.74) is 2.18. The fourth-order valence-corrected chi connectivity index (χ4v) is 5.38. The van der Waals surface area contributed by atoms with Gasteiger partial charge in [0.2, 0.25) is 11.8 Å². The number of thioether (sulfide) groups is 1. The summed E-state index contributed by atoms with van der Waals surface area (Å²) in [7, 11) is 0. The second kappa shape index (κ2) is 10.2. The molecular weight excluding hydrogens is 482 g/mol. The molecule has 0 radical (unpaired) electrons. The quantitative estimate of drug-likeness (QED) is 0.443. The molecule has 1 N–H and O–H groups in total. The van der Waals surface area contributed by atoms with E-state index in [0.717, 1.165) is 16.1 Å². The van der Waals surface area contributed by atoms with Crippen molar-refractivity contribution in [1.82, 2.24) is 5.32 Å². The van der Waals surface area contributed by atoms with Crippen molar-refractivity contribution in [2.45, 2.75) is 30.2 Å². The van der Waals surface area contributed by atoms with Crippen LogP contribution in [0.4, 0.5) is 10.1 Å². The van der Waals surface area contributed by atoms with E-state index in [1.165, 1.54) is 23.9 Å². The third-order valence-corrected chi connectivity index (χ3v) is 7.73. The van der Waals surface area contributed by atoms with Crippen LogP contribution in [0.25, 0.3) is 0 Å². The standard InChI is InChI=1S/C25H21Cl2FN2O2S/c1-15(24(31)29-13-16-6-2-3-7-19(16)26)23-25(32)30(21-8-4-5-9-22(21)33-23)14-17-10-11-18(28)12-20(17)27/h2-12,15,23H,13-14H2,1H3,(H,29,31). The van der Waals surface area contributed by atoms with Gasteiger partial charge >= 0.3 is 0 Å². The Hall–Kier alpha value is -2.54. The molecule has 2 amide bonds. The molecule has 0 bridgehead atoms. The predicted molar refractivity (Wildman–Crippen MR) is 131 cm³/mol. The van der Waals surface area contributed by atoms with Gasteiger partial charge in [0.25, 0.3) is 0 Å². The highest BCUT2D eigenvalue weighted by atomic mass is 35.5. The summed E-state index contributed by atoms with van der Waals surface area (Å²) in [4.78, 5) is 29.0. The fraction of sp³-hybridized carbons (Fsp3) is 0.200. The molecule has 1 aliphatic rings. The number of anilines is 1. The number of nitrogens with one attached hydrogen (secondary N) is 1. The van der Waals surface area contributed by atoms with Gasteiger partial charge in [0, 0.05) is 21.5 Å². The zero-order valence-electron chi connectivity index (χ0n) is 17.7. The van der Waals surface area contributed by atoms with Crippen LogP contribution in [0.1, 0.15) is 18.1 Å². The lowest BCUT2D eigenvalue weighted by atomic mass is 10.0. The largest absolute Gasteiger partial charge is 0.352 e. The minimum absolute atomic E-state index is 0.181. The first-order valence-corrected chi connectivity index (χ1v) is 12.0. The number of nitrogens with zero attached hydrogens (tertiary/aromatic N) is 1. The van der Waals surface area contributed by atoms with Crippen LogP contribution in [0.3, 0.4) is 0 Å². The predicted octanol–water partition coefficient (Wildman–Crippen LogP) is 6.09. The number of amides is 2. The Kier molecular flexibility index (Phi) is 7.27. The molecule has 8 heteroatoms. The fourth-order valence-electron chi connectivity index (χ4n) is 3.66. The van der Waals surface area contributed by atoms with Gasteiger partial charge in [-0.1, -0.05) is 66.5 Å². The molecule has 1 aliphatic heterocycles. The SMILES string of the molecule is CC(C(=O)NCc1ccccc1Cl)C1Sc2ccccc2N(Cc2ccc(F)cc2Cl)C1=O. The van der Waals surface area contributed by atoms with E-state index in [1.54, 1.807) is 24.0 Å². The summed E-state index contributed by atoms with van der Waals surface area (Å²) in [6, 6.07) is 18.9. The van der Waals surface area contributed by atoms with Crippen LogP contribution in [0, 0.1) is 11.7 Å². The number of hydrogen-bond acceptors (Lipinski definition) is 3. The molecular formula is C25H21Cl2FN2O2S. The molecule has 0 aliphatic carbocycles. The first kappa shape index (κ1) is 23.6. The van der Waals surface area contributed by atoms with Crippen LogP contribution < -0.4 is 10.2 Å². The first-order chi connectivity index (χ1) is 15.8. The monoisotopic (exact) mass is 502 g/mol. The molecule has 33 heavy (non-hydrogen) atoms. The Morgan fingerprint density at radius 1 is 1.06 bits per heavy atom. The number of carbonyl (C=O) groups is 2. The van der Waals surface area contributed by atoms with Crippen LogP contribution in [-0.2, 0) is 22.7 Å². The number of rotatable bonds is 6. The molecule has 3 aromatic rings. The molecule has 0 fully saturated rings. The molecule has 1 heterocycles. The molecule has 4 rings (SSSR count). The van der Waals surface area contributed by atoms with Crippen molar-refractivity contribution in [2.24, 2.45) is 5.92 Å². The van der Waals surface area contributed by atoms with Gasteiger partial charge in [0.15, 0.2) is 0 Å². The molecule has 2 atom stereocenters. The van der Waals surface area contributed by atoms with Gasteiger partial charge in [-0.2, -0.15) is 0 Å². The molecule has 0 aromatic heterocycles. The van der Waals surface area contributed by atoms with Crippen LogP contribution >= 0.6 is 35.0 Å². The summed E-state index contributed by atoms with van der Waals surface area (Å²) in [5, 5.41) is 3.10. The molecule has 3 aromatic carbocycles. The number of hydrogen-bond donors (Lipinski definition) is 1.